The fraction of sp³-hybridized carbons (Fsp3) is 0. The summed E-state index contributed by atoms with van der Waals surface area (Å²) < 4.78 is 2.31. The standard InChI is InChI=1S/CH4BrN3/c2-5-1(3)4/h(H4,3,4,5)/p+1. The molecule has 0 saturated carbocycles. The maximum atomic E-state index is 4.83. The van der Waals surface area contributed by atoms with Crippen LogP contribution >= 0.6 is 16.1 Å². The van der Waals surface area contributed by atoms with Crippen LogP contribution in [0.5, 0.6) is 0 Å². The monoisotopic (exact) mass is 138 g/mol. The van der Waals surface area contributed by atoms with Crippen molar-refractivity contribution < 1.29 is 4.02 Å². The van der Waals surface area contributed by atoms with Gasteiger partial charge in [0, 0.05) is 0 Å². The van der Waals surface area contributed by atoms with Gasteiger partial charge in [-0.25, -0.2) is 4.02 Å². The Morgan fingerprint density at radius 3 is 1.80 bits per heavy atom. The molecule has 0 fully saturated rings. The third-order valence-electron chi connectivity index (χ3n) is 0.109. The van der Waals surface area contributed by atoms with Crippen LogP contribution in [0.25, 0.3) is 0 Å². The summed E-state index contributed by atoms with van der Waals surface area (Å²) in [5.41, 5.74) is 9.66. The first-order valence-electron chi connectivity index (χ1n) is 1.02. The van der Waals surface area contributed by atoms with Crippen LogP contribution in [-0.2, 0) is 0 Å². The minimum atomic E-state index is 0.171. The van der Waals surface area contributed by atoms with Gasteiger partial charge in [0.15, 0.2) is 0 Å². The van der Waals surface area contributed by atoms with Crippen LogP contribution in [0.3, 0.4) is 0 Å². The van der Waals surface area contributed by atoms with Crippen molar-refractivity contribution >= 4 is 22.1 Å². The molecule has 0 atom stereocenters. The lowest BCUT2D eigenvalue weighted by atomic mass is 11.1. The van der Waals surface area contributed by atoms with Gasteiger partial charge in [-0.15, -0.1) is 0 Å². The molecule has 0 aromatic rings. The van der Waals surface area contributed by atoms with Crippen molar-refractivity contribution in [3.05, 3.63) is 0 Å². The van der Waals surface area contributed by atoms with E-state index in [4.69, 9.17) is 11.5 Å². The minimum absolute atomic E-state index is 0.171. The average Bonchev–Trinajstić information content (AvgIpc) is 1.38. The van der Waals surface area contributed by atoms with Crippen molar-refractivity contribution in [1.29, 1.82) is 0 Å². The van der Waals surface area contributed by atoms with Crippen molar-refractivity contribution in [2.24, 2.45) is 11.5 Å². The summed E-state index contributed by atoms with van der Waals surface area (Å²) >= 11 is 2.78. The molecule has 0 heterocycles. The summed E-state index contributed by atoms with van der Waals surface area (Å²) in [5, 5.41) is 0. The number of rotatable bonds is 0. The Bertz CT molecular complexity index is 44.9. The third-order valence-corrected chi connectivity index (χ3v) is 0.567. The second kappa shape index (κ2) is 2.02. The molecular weight excluding hydrogens is 134 g/mol. The molecule has 0 saturated heterocycles. The van der Waals surface area contributed by atoms with E-state index in [1.165, 1.54) is 0 Å². The zero-order valence-electron chi connectivity index (χ0n) is 2.53. The topological polar surface area (TPSA) is 66.0 Å². The van der Waals surface area contributed by atoms with E-state index in [1.54, 1.807) is 0 Å². The molecule has 0 spiro atoms. The van der Waals surface area contributed by atoms with Crippen LogP contribution in [0, 0.1) is 0 Å². The van der Waals surface area contributed by atoms with Crippen LogP contribution in [0.2, 0.25) is 0 Å². The van der Waals surface area contributed by atoms with E-state index in [1.807, 2.05) is 0 Å². The number of halogens is 1. The molecule has 0 unspecified atom stereocenters. The number of hydrogen-bond acceptors (Lipinski definition) is 0. The summed E-state index contributed by atoms with van der Waals surface area (Å²) in [6.45, 7) is 0. The molecule has 0 amide bonds. The summed E-state index contributed by atoms with van der Waals surface area (Å²) in [4.78, 5) is 0. The largest absolute Gasteiger partial charge is 0.349 e. The highest BCUT2D eigenvalue weighted by molar-refractivity contribution is 9.04. The molecule has 0 rings (SSSR count). The first-order valence-corrected chi connectivity index (χ1v) is 1.81. The Balaban J connectivity index is 3.14. The van der Waals surface area contributed by atoms with Crippen molar-refractivity contribution in [3.63, 3.8) is 0 Å². The maximum absolute atomic E-state index is 4.83. The summed E-state index contributed by atoms with van der Waals surface area (Å²) in [5.74, 6) is 0.171. The molecule has 5 N–H and O–H groups in total. The van der Waals surface area contributed by atoms with E-state index >= 15 is 0 Å². The van der Waals surface area contributed by atoms with Gasteiger partial charge >= 0.3 is 5.96 Å². The Labute approximate surface area is 38.4 Å². The van der Waals surface area contributed by atoms with Crippen molar-refractivity contribution in [3.8, 4) is 0 Å². The fourth-order valence-corrected chi connectivity index (χ4v) is 0. The Morgan fingerprint density at radius 1 is 1.60 bits per heavy atom. The number of guanidine groups is 1. The second-order valence-corrected chi connectivity index (χ2v) is 0.946. The number of nitrogens with two attached hydrogens (primary N) is 2. The minimum Gasteiger partial charge on any atom is -0.290 e. The molecule has 0 bridgehead atoms. The molecule has 0 aliphatic rings. The Kier molecular flexibility index (Phi) is 1.92. The molecule has 0 radical (unpaired) electrons. The predicted molar refractivity (Wildman–Crippen MR) is 23.3 cm³/mol. The van der Waals surface area contributed by atoms with Gasteiger partial charge in [0.1, 0.15) is 16.1 Å². The second-order valence-electron chi connectivity index (χ2n) is 0.550. The van der Waals surface area contributed by atoms with Crippen molar-refractivity contribution in [1.82, 2.24) is 0 Å². The molecule has 3 nitrogen and oxygen atoms in total. The molecular formula is CH5BrN3+. The SMILES string of the molecule is NC(N)=[NH+]Br. The van der Waals surface area contributed by atoms with Crippen LogP contribution in [0.1, 0.15) is 0 Å². The third kappa shape index (κ3) is 3.75. The zero-order valence-corrected chi connectivity index (χ0v) is 4.12. The van der Waals surface area contributed by atoms with E-state index in [9.17, 15) is 0 Å². The summed E-state index contributed by atoms with van der Waals surface area (Å²) in [7, 11) is 0. The van der Waals surface area contributed by atoms with Gasteiger partial charge in [-0.3, -0.25) is 11.5 Å². The first-order chi connectivity index (χ1) is 2.27. The molecule has 5 heavy (non-hydrogen) atoms. The predicted octanol–water partition coefficient (Wildman–Crippen LogP) is -2.35. The van der Waals surface area contributed by atoms with Gasteiger partial charge < -0.3 is 0 Å². The lowest BCUT2D eigenvalue weighted by Crippen LogP contribution is -2.66. The molecule has 0 aliphatic carbocycles. The Morgan fingerprint density at radius 2 is 1.80 bits per heavy atom. The van der Waals surface area contributed by atoms with Gasteiger partial charge in [-0.05, 0) is 0 Å². The molecule has 4 heteroatoms. The van der Waals surface area contributed by atoms with Crippen LogP contribution in [-0.4, -0.2) is 5.96 Å². The maximum Gasteiger partial charge on any atom is 0.349 e. The zero-order chi connectivity index (χ0) is 4.28. The molecule has 30 valence electrons. The summed E-state index contributed by atoms with van der Waals surface area (Å²) in [6, 6.07) is 0. The number of hydrogen-bond donors (Lipinski definition) is 3. The smallest absolute Gasteiger partial charge is 0.290 e. The quantitative estimate of drug-likeness (QED) is 0.200. The van der Waals surface area contributed by atoms with Gasteiger partial charge in [0.25, 0.3) is 0 Å². The highest BCUT2D eigenvalue weighted by atomic mass is 79.9. The van der Waals surface area contributed by atoms with E-state index in [2.05, 4.69) is 20.2 Å². The van der Waals surface area contributed by atoms with Crippen molar-refractivity contribution in [2.75, 3.05) is 0 Å². The highest BCUT2D eigenvalue weighted by Crippen LogP contribution is 1.26. The van der Waals surface area contributed by atoms with Crippen molar-refractivity contribution in [2.45, 2.75) is 0 Å². The average molecular weight is 139 g/mol. The normalized spacial score (nSPS) is 6.60. The van der Waals surface area contributed by atoms with Gasteiger partial charge in [0.05, 0.1) is 0 Å². The lowest BCUT2D eigenvalue weighted by Gasteiger charge is -1.66. The van der Waals surface area contributed by atoms with E-state index in [0.29, 0.717) is 0 Å². The van der Waals surface area contributed by atoms with E-state index in [0.717, 1.165) is 0 Å². The van der Waals surface area contributed by atoms with Crippen LogP contribution in [0.4, 0.5) is 0 Å². The molecule has 0 aliphatic heterocycles. The highest BCUT2D eigenvalue weighted by Gasteiger charge is 1.73. The summed E-state index contributed by atoms with van der Waals surface area (Å²) in [6.07, 6.45) is 0. The Hall–Kier alpha value is -0.250. The van der Waals surface area contributed by atoms with Gasteiger partial charge in [0.2, 0.25) is 0 Å². The van der Waals surface area contributed by atoms with E-state index in [-0.39, 0.29) is 5.96 Å². The molecule has 0 aromatic carbocycles. The lowest BCUT2D eigenvalue weighted by molar-refractivity contribution is -0.222. The first kappa shape index (κ1) is 4.75. The number of nitrogens with one attached hydrogen (secondary N) is 1. The van der Waals surface area contributed by atoms with Crippen LogP contribution in [0.15, 0.2) is 0 Å². The fourth-order valence-electron chi connectivity index (χ4n) is 0. The van der Waals surface area contributed by atoms with Gasteiger partial charge in [-0.1, -0.05) is 0 Å². The molecule has 0 aromatic heterocycles. The van der Waals surface area contributed by atoms with E-state index < -0.39 is 0 Å². The van der Waals surface area contributed by atoms with Gasteiger partial charge in [-0.2, -0.15) is 0 Å². The van der Waals surface area contributed by atoms with Crippen LogP contribution < -0.4 is 15.5 Å².